The third-order valence-corrected chi connectivity index (χ3v) is 5.18. The van der Waals surface area contributed by atoms with E-state index in [0.717, 1.165) is 55.7 Å². The van der Waals surface area contributed by atoms with E-state index < -0.39 is 0 Å². The lowest BCUT2D eigenvalue weighted by Gasteiger charge is -2.26. The molecule has 1 aromatic carbocycles. The number of benzene rings is 1. The molecular formula is C20H24N4O3. The van der Waals surface area contributed by atoms with Crippen LogP contribution >= 0.6 is 0 Å². The smallest absolute Gasteiger partial charge is 0.267 e. The highest BCUT2D eigenvalue weighted by atomic mass is 16.5. The number of pyridine rings is 1. The fraction of sp³-hybridized carbons (Fsp3) is 0.400. The molecule has 7 nitrogen and oxygen atoms in total. The van der Waals surface area contributed by atoms with Gasteiger partial charge in [0.15, 0.2) is 0 Å². The van der Waals surface area contributed by atoms with Crippen LogP contribution in [-0.2, 0) is 11.8 Å². The summed E-state index contributed by atoms with van der Waals surface area (Å²) in [6.07, 6.45) is 0.888. The van der Waals surface area contributed by atoms with Gasteiger partial charge >= 0.3 is 0 Å². The predicted octanol–water partition coefficient (Wildman–Crippen LogP) is 1.47. The maximum atomic E-state index is 12.7. The molecule has 142 valence electrons. The van der Waals surface area contributed by atoms with E-state index in [-0.39, 0.29) is 11.5 Å². The van der Waals surface area contributed by atoms with Gasteiger partial charge in [-0.05, 0) is 25.1 Å². The second-order valence-corrected chi connectivity index (χ2v) is 6.91. The first-order valence-corrected chi connectivity index (χ1v) is 9.34. The SMILES string of the molecule is Cn1c(C(=O)NCCCN2CCOCC2)cc2c(=O)[nH]c3ccccc3c21. The van der Waals surface area contributed by atoms with E-state index in [2.05, 4.69) is 15.2 Å². The number of fused-ring (bicyclic) bond motifs is 3. The van der Waals surface area contributed by atoms with Crippen molar-refractivity contribution in [3.63, 3.8) is 0 Å². The molecule has 0 saturated carbocycles. The lowest BCUT2D eigenvalue weighted by Crippen LogP contribution is -2.38. The first-order valence-electron chi connectivity index (χ1n) is 9.34. The van der Waals surface area contributed by atoms with E-state index in [9.17, 15) is 9.59 Å². The summed E-state index contributed by atoms with van der Waals surface area (Å²) in [5, 5.41) is 4.45. The van der Waals surface area contributed by atoms with Gasteiger partial charge in [0, 0.05) is 32.1 Å². The van der Waals surface area contributed by atoms with Gasteiger partial charge in [-0.1, -0.05) is 18.2 Å². The third-order valence-electron chi connectivity index (χ3n) is 5.18. The summed E-state index contributed by atoms with van der Waals surface area (Å²) in [7, 11) is 1.83. The Morgan fingerprint density at radius 3 is 2.81 bits per heavy atom. The minimum atomic E-state index is -0.175. The van der Waals surface area contributed by atoms with Gasteiger partial charge in [-0.3, -0.25) is 14.5 Å². The van der Waals surface area contributed by atoms with Crippen molar-refractivity contribution in [1.82, 2.24) is 19.8 Å². The van der Waals surface area contributed by atoms with E-state index in [0.29, 0.717) is 17.6 Å². The molecule has 2 N–H and O–H groups in total. The second-order valence-electron chi connectivity index (χ2n) is 6.91. The zero-order chi connectivity index (χ0) is 18.8. The summed E-state index contributed by atoms with van der Waals surface area (Å²) in [5.41, 5.74) is 1.88. The van der Waals surface area contributed by atoms with Crippen LogP contribution in [0.25, 0.3) is 21.8 Å². The molecule has 2 aromatic heterocycles. The molecule has 27 heavy (non-hydrogen) atoms. The van der Waals surface area contributed by atoms with Gasteiger partial charge in [0.2, 0.25) is 0 Å². The van der Waals surface area contributed by atoms with Crippen LogP contribution in [0.2, 0.25) is 0 Å². The van der Waals surface area contributed by atoms with Gasteiger partial charge in [0.1, 0.15) is 5.69 Å². The number of aromatic amines is 1. The summed E-state index contributed by atoms with van der Waals surface area (Å²) in [4.78, 5) is 30.3. The fourth-order valence-electron chi connectivity index (χ4n) is 3.73. The maximum absolute atomic E-state index is 12.7. The molecule has 0 unspecified atom stereocenters. The molecule has 1 aliphatic rings. The van der Waals surface area contributed by atoms with Crippen molar-refractivity contribution in [2.45, 2.75) is 6.42 Å². The standard InChI is InChI=1S/C20H24N4O3/c1-23-17(20(26)21-7-4-8-24-9-11-27-12-10-24)13-15-18(23)14-5-2-3-6-16(14)22-19(15)25/h2-3,5-6,13H,4,7-12H2,1H3,(H,21,26)(H,22,25). The van der Waals surface area contributed by atoms with Crippen LogP contribution in [0, 0.1) is 0 Å². The van der Waals surface area contributed by atoms with Crippen LogP contribution in [0.4, 0.5) is 0 Å². The van der Waals surface area contributed by atoms with Crippen molar-refractivity contribution in [3.8, 4) is 0 Å². The van der Waals surface area contributed by atoms with Crippen LogP contribution in [0.3, 0.4) is 0 Å². The molecule has 1 saturated heterocycles. The number of ether oxygens (including phenoxy) is 1. The molecule has 1 amide bonds. The normalized spacial score (nSPS) is 15.4. The summed E-state index contributed by atoms with van der Waals surface area (Å²) >= 11 is 0. The number of morpholine rings is 1. The van der Waals surface area contributed by atoms with Crippen molar-refractivity contribution in [1.29, 1.82) is 0 Å². The van der Waals surface area contributed by atoms with Crippen LogP contribution in [0.15, 0.2) is 35.1 Å². The number of aryl methyl sites for hydroxylation is 1. The lowest BCUT2D eigenvalue weighted by molar-refractivity contribution is 0.0374. The Labute approximate surface area is 156 Å². The molecular weight excluding hydrogens is 344 g/mol. The van der Waals surface area contributed by atoms with Crippen molar-refractivity contribution >= 4 is 27.7 Å². The quantitative estimate of drug-likeness (QED) is 0.669. The monoisotopic (exact) mass is 368 g/mol. The number of aromatic nitrogens is 2. The third kappa shape index (κ3) is 3.48. The van der Waals surface area contributed by atoms with Crippen LogP contribution in [-0.4, -0.2) is 59.8 Å². The van der Waals surface area contributed by atoms with Crippen LogP contribution in [0.1, 0.15) is 16.9 Å². The number of carbonyl (C=O) groups is 1. The van der Waals surface area contributed by atoms with Crippen LogP contribution in [0.5, 0.6) is 0 Å². The zero-order valence-electron chi connectivity index (χ0n) is 15.5. The molecule has 3 heterocycles. The second kappa shape index (κ2) is 7.54. The molecule has 0 bridgehead atoms. The molecule has 4 rings (SSSR count). The number of nitrogens with zero attached hydrogens (tertiary/aromatic N) is 2. The summed E-state index contributed by atoms with van der Waals surface area (Å²) in [6, 6.07) is 9.32. The zero-order valence-corrected chi connectivity index (χ0v) is 15.5. The Kier molecular flexibility index (Phi) is 4.96. The largest absolute Gasteiger partial charge is 0.379 e. The van der Waals surface area contributed by atoms with E-state index in [4.69, 9.17) is 4.74 Å². The highest BCUT2D eigenvalue weighted by Crippen LogP contribution is 2.23. The summed E-state index contributed by atoms with van der Waals surface area (Å²) in [5.74, 6) is -0.154. The summed E-state index contributed by atoms with van der Waals surface area (Å²) in [6.45, 7) is 5.02. The highest BCUT2D eigenvalue weighted by molar-refractivity contribution is 6.07. The van der Waals surface area contributed by atoms with Gasteiger partial charge in [-0.2, -0.15) is 0 Å². The van der Waals surface area contributed by atoms with Crippen molar-refractivity contribution in [2.75, 3.05) is 39.4 Å². The number of hydrogen-bond acceptors (Lipinski definition) is 4. The Hall–Kier alpha value is -2.64. The average molecular weight is 368 g/mol. The number of hydrogen-bond donors (Lipinski definition) is 2. The molecule has 0 spiro atoms. The Morgan fingerprint density at radius 1 is 1.22 bits per heavy atom. The van der Waals surface area contributed by atoms with Gasteiger partial charge < -0.3 is 19.6 Å². The van der Waals surface area contributed by atoms with E-state index >= 15 is 0 Å². The molecule has 0 aliphatic carbocycles. The number of nitrogens with one attached hydrogen (secondary N) is 2. The maximum Gasteiger partial charge on any atom is 0.267 e. The number of para-hydroxylation sites is 1. The Morgan fingerprint density at radius 2 is 2.00 bits per heavy atom. The van der Waals surface area contributed by atoms with Crippen molar-refractivity contribution < 1.29 is 9.53 Å². The summed E-state index contributed by atoms with van der Waals surface area (Å²) < 4.78 is 7.15. The van der Waals surface area contributed by atoms with E-state index in [1.54, 1.807) is 6.07 Å². The molecule has 3 aromatic rings. The van der Waals surface area contributed by atoms with Gasteiger partial charge in [0.25, 0.3) is 11.5 Å². The molecule has 7 heteroatoms. The van der Waals surface area contributed by atoms with Crippen molar-refractivity contribution in [3.05, 3.63) is 46.4 Å². The Bertz CT molecular complexity index is 1030. The van der Waals surface area contributed by atoms with E-state index in [1.165, 1.54) is 0 Å². The van der Waals surface area contributed by atoms with Gasteiger partial charge in [-0.15, -0.1) is 0 Å². The first kappa shape index (κ1) is 17.8. The predicted molar refractivity (Wildman–Crippen MR) is 105 cm³/mol. The topological polar surface area (TPSA) is 79.4 Å². The molecule has 0 radical (unpaired) electrons. The van der Waals surface area contributed by atoms with Gasteiger partial charge in [-0.25, -0.2) is 0 Å². The average Bonchev–Trinajstić information content (AvgIpc) is 3.04. The Balaban J connectivity index is 1.50. The fourth-order valence-corrected chi connectivity index (χ4v) is 3.73. The minimum absolute atomic E-state index is 0.154. The number of carbonyl (C=O) groups excluding carboxylic acids is 1. The highest BCUT2D eigenvalue weighted by Gasteiger charge is 2.17. The minimum Gasteiger partial charge on any atom is -0.379 e. The number of H-pyrrole nitrogens is 1. The van der Waals surface area contributed by atoms with Crippen molar-refractivity contribution in [2.24, 2.45) is 7.05 Å². The number of rotatable bonds is 5. The molecule has 1 fully saturated rings. The lowest BCUT2D eigenvalue weighted by atomic mass is 10.1. The van der Waals surface area contributed by atoms with Crippen LogP contribution < -0.4 is 10.9 Å². The molecule has 0 atom stereocenters. The van der Waals surface area contributed by atoms with Gasteiger partial charge in [0.05, 0.1) is 29.6 Å². The van der Waals surface area contributed by atoms with E-state index in [1.807, 2.05) is 35.9 Å². The first-order chi connectivity index (χ1) is 13.1. The number of amides is 1. The molecule has 1 aliphatic heterocycles.